The van der Waals surface area contributed by atoms with Crippen LogP contribution in [0.3, 0.4) is 0 Å². The van der Waals surface area contributed by atoms with Crippen molar-refractivity contribution in [1.29, 1.82) is 0 Å². The molecule has 1 N–H and O–H groups in total. The minimum absolute atomic E-state index is 0.0655. The monoisotopic (exact) mass is 411 g/mol. The highest BCUT2D eigenvalue weighted by Gasteiger charge is 2.37. The molecule has 0 saturated carbocycles. The molecule has 1 saturated heterocycles. The molecule has 1 aliphatic heterocycles. The number of rotatable bonds is 4. The molecule has 6 heteroatoms. The van der Waals surface area contributed by atoms with Gasteiger partial charge in [-0.2, -0.15) is 0 Å². The van der Waals surface area contributed by atoms with E-state index in [1.54, 1.807) is 4.90 Å². The standard InChI is InChI=1S/C19H26BrNO4/c1-12-7-13(9-15(20)8-12)10-16(17(22)23)14-5-6-21(11-14)18(24)25-19(2,3)4/h7-9,14,16H,5-6,10-11H2,1-4H3,(H,22,23)/t14-,16-/m0/s1. The highest BCUT2D eigenvalue weighted by Crippen LogP contribution is 2.29. The van der Waals surface area contributed by atoms with Gasteiger partial charge < -0.3 is 14.7 Å². The highest BCUT2D eigenvalue weighted by atomic mass is 79.9. The lowest BCUT2D eigenvalue weighted by molar-refractivity contribution is -0.143. The van der Waals surface area contributed by atoms with Gasteiger partial charge in [0, 0.05) is 17.6 Å². The predicted octanol–water partition coefficient (Wildman–Crippen LogP) is 4.26. The largest absolute Gasteiger partial charge is 0.481 e. The van der Waals surface area contributed by atoms with Crippen LogP contribution >= 0.6 is 15.9 Å². The van der Waals surface area contributed by atoms with Crippen LogP contribution in [0.2, 0.25) is 0 Å². The maximum atomic E-state index is 12.2. The van der Waals surface area contributed by atoms with Crippen molar-refractivity contribution in [1.82, 2.24) is 4.90 Å². The summed E-state index contributed by atoms with van der Waals surface area (Å²) in [5.74, 6) is -1.39. The van der Waals surface area contributed by atoms with Crippen molar-refractivity contribution in [2.24, 2.45) is 11.8 Å². The zero-order valence-corrected chi connectivity index (χ0v) is 16.8. The lowest BCUT2D eigenvalue weighted by Crippen LogP contribution is -2.36. The van der Waals surface area contributed by atoms with Crippen molar-refractivity contribution in [3.8, 4) is 0 Å². The summed E-state index contributed by atoms with van der Waals surface area (Å²) in [6.45, 7) is 8.44. The van der Waals surface area contributed by atoms with Gasteiger partial charge in [0.05, 0.1) is 5.92 Å². The molecule has 1 heterocycles. The number of hydrogen-bond donors (Lipinski definition) is 1. The van der Waals surface area contributed by atoms with Crippen LogP contribution in [0, 0.1) is 18.8 Å². The summed E-state index contributed by atoms with van der Waals surface area (Å²) in [5, 5.41) is 9.70. The number of likely N-dealkylation sites (tertiary alicyclic amines) is 1. The first kappa shape index (κ1) is 19.8. The molecule has 0 radical (unpaired) electrons. The van der Waals surface area contributed by atoms with Gasteiger partial charge in [-0.15, -0.1) is 0 Å². The molecule has 2 atom stereocenters. The minimum atomic E-state index is -0.811. The molecular formula is C19H26BrNO4. The molecule has 0 aromatic heterocycles. The van der Waals surface area contributed by atoms with Gasteiger partial charge in [0.1, 0.15) is 5.60 Å². The van der Waals surface area contributed by atoms with E-state index in [9.17, 15) is 14.7 Å². The SMILES string of the molecule is Cc1cc(Br)cc(C[C@H](C(=O)O)[C@H]2CCN(C(=O)OC(C)(C)C)C2)c1. The zero-order valence-electron chi connectivity index (χ0n) is 15.2. The molecular weight excluding hydrogens is 386 g/mol. The number of carbonyl (C=O) groups is 2. The first-order chi connectivity index (χ1) is 11.5. The van der Waals surface area contributed by atoms with E-state index >= 15 is 0 Å². The number of aliphatic carboxylic acids is 1. The van der Waals surface area contributed by atoms with Gasteiger partial charge in [0.2, 0.25) is 0 Å². The van der Waals surface area contributed by atoms with Crippen molar-refractivity contribution >= 4 is 28.0 Å². The van der Waals surface area contributed by atoms with E-state index in [0.29, 0.717) is 25.9 Å². The van der Waals surface area contributed by atoms with E-state index in [1.807, 2.05) is 45.9 Å². The number of benzene rings is 1. The lowest BCUT2D eigenvalue weighted by atomic mass is 9.86. The second kappa shape index (κ2) is 7.77. The lowest BCUT2D eigenvalue weighted by Gasteiger charge is -2.25. The van der Waals surface area contributed by atoms with Crippen LogP contribution in [-0.2, 0) is 16.0 Å². The molecule has 5 nitrogen and oxygen atoms in total. The average molecular weight is 412 g/mol. The van der Waals surface area contributed by atoms with E-state index in [2.05, 4.69) is 15.9 Å². The van der Waals surface area contributed by atoms with Gasteiger partial charge in [-0.25, -0.2) is 4.79 Å². The molecule has 1 aliphatic rings. The molecule has 0 aliphatic carbocycles. The van der Waals surface area contributed by atoms with Crippen LogP contribution in [0.25, 0.3) is 0 Å². The van der Waals surface area contributed by atoms with E-state index in [-0.39, 0.29) is 12.0 Å². The van der Waals surface area contributed by atoms with Crippen molar-refractivity contribution in [2.75, 3.05) is 13.1 Å². The van der Waals surface area contributed by atoms with Crippen molar-refractivity contribution in [3.05, 3.63) is 33.8 Å². The Hall–Kier alpha value is -1.56. The molecule has 138 valence electrons. The Morgan fingerprint density at radius 3 is 2.60 bits per heavy atom. The molecule has 1 amide bonds. The van der Waals surface area contributed by atoms with Gasteiger partial charge in [0.15, 0.2) is 0 Å². The van der Waals surface area contributed by atoms with Gasteiger partial charge >= 0.3 is 12.1 Å². The Kier molecular flexibility index (Phi) is 6.14. The van der Waals surface area contributed by atoms with Gasteiger partial charge in [0.25, 0.3) is 0 Å². The van der Waals surface area contributed by atoms with Crippen LogP contribution in [0.15, 0.2) is 22.7 Å². The summed E-state index contributed by atoms with van der Waals surface area (Å²) < 4.78 is 6.35. The number of carboxylic acids is 1. The van der Waals surface area contributed by atoms with Gasteiger partial charge in [-0.1, -0.05) is 22.0 Å². The quantitative estimate of drug-likeness (QED) is 0.803. The molecule has 0 spiro atoms. The van der Waals surface area contributed by atoms with Crippen LogP contribution in [-0.4, -0.2) is 40.8 Å². The molecule has 0 bridgehead atoms. The van der Waals surface area contributed by atoms with Crippen LogP contribution in [0.1, 0.15) is 38.3 Å². The molecule has 25 heavy (non-hydrogen) atoms. The van der Waals surface area contributed by atoms with Crippen molar-refractivity contribution in [3.63, 3.8) is 0 Å². The number of carbonyl (C=O) groups excluding carboxylic acids is 1. The Morgan fingerprint density at radius 2 is 2.04 bits per heavy atom. The number of ether oxygens (including phenoxy) is 1. The highest BCUT2D eigenvalue weighted by molar-refractivity contribution is 9.10. The number of aryl methyl sites for hydroxylation is 1. The Morgan fingerprint density at radius 1 is 1.36 bits per heavy atom. The van der Waals surface area contributed by atoms with Gasteiger partial charge in [-0.3, -0.25) is 4.79 Å². The molecule has 1 aromatic rings. The first-order valence-electron chi connectivity index (χ1n) is 8.52. The Balaban J connectivity index is 2.06. The smallest absolute Gasteiger partial charge is 0.410 e. The summed E-state index contributed by atoms with van der Waals surface area (Å²) in [7, 11) is 0. The second-order valence-corrected chi connectivity index (χ2v) is 8.68. The fourth-order valence-electron chi connectivity index (χ4n) is 3.25. The Bertz CT molecular complexity index is 633. The number of nitrogens with zero attached hydrogens (tertiary/aromatic N) is 1. The average Bonchev–Trinajstić information content (AvgIpc) is 2.91. The van der Waals surface area contributed by atoms with Gasteiger partial charge in [-0.05, 0) is 69.7 Å². The molecule has 1 aromatic carbocycles. The number of amides is 1. The predicted molar refractivity (Wildman–Crippen MR) is 99.6 cm³/mol. The summed E-state index contributed by atoms with van der Waals surface area (Å²) in [6, 6.07) is 5.98. The summed E-state index contributed by atoms with van der Waals surface area (Å²) in [4.78, 5) is 25.6. The minimum Gasteiger partial charge on any atom is -0.481 e. The Labute approximate surface area is 157 Å². The third-order valence-electron chi connectivity index (χ3n) is 4.32. The van der Waals surface area contributed by atoms with E-state index in [4.69, 9.17) is 4.74 Å². The van der Waals surface area contributed by atoms with Crippen LogP contribution in [0.5, 0.6) is 0 Å². The molecule has 1 fully saturated rings. The summed E-state index contributed by atoms with van der Waals surface area (Å²) >= 11 is 3.46. The van der Waals surface area contributed by atoms with E-state index in [1.165, 1.54) is 0 Å². The van der Waals surface area contributed by atoms with E-state index < -0.39 is 17.5 Å². The second-order valence-electron chi connectivity index (χ2n) is 7.76. The topological polar surface area (TPSA) is 66.8 Å². The normalized spacial score (nSPS) is 18.9. The summed E-state index contributed by atoms with van der Waals surface area (Å²) in [6.07, 6.45) is 0.781. The molecule has 2 rings (SSSR count). The van der Waals surface area contributed by atoms with E-state index in [0.717, 1.165) is 15.6 Å². The molecule has 0 unspecified atom stereocenters. The maximum absolute atomic E-state index is 12.2. The number of carboxylic acid groups (broad SMARTS) is 1. The number of halogens is 1. The first-order valence-corrected chi connectivity index (χ1v) is 9.31. The third-order valence-corrected chi connectivity index (χ3v) is 4.78. The zero-order chi connectivity index (χ0) is 18.8. The third kappa shape index (κ3) is 5.73. The van der Waals surface area contributed by atoms with Crippen molar-refractivity contribution < 1.29 is 19.4 Å². The number of hydrogen-bond acceptors (Lipinski definition) is 3. The maximum Gasteiger partial charge on any atom is 0.410 e. The van der Waals surface area contributed by atoms with Crippen LogP contribution < -0.4 is 0 Å². The van der Waals surface area contributed by atoms with Crippen molar-refractivity contribution in [2.45, 2.75) is 46.1 Å². The fraction of sp³-hybridized carbons (Fsp3) is 0.579. The summed E-state index contributed by atoms with van der Waals surface area (Å²) in [5.41, 5.74) is 1.54. The fourth-order valence-corrected chi connectivity index (χ4v) is 3.90. The van der Waals surface area contributed by atoms with Crippen LogP contribution in [0.4, 0.5) is 4.79 Å².